The van der Waals surface area contributed by atoms with Crippen LogP contribution in [0.1, 0.15) is 10.4 Å². The zero-order valence-corrected chi connectivity index (χ0v) is 12.7. The van der Waals surface area contributed by atoms with Gasteiger partial charge in [-0.15, -0.1) is 0 Å². The lowest BCUT2D eigenvalue weighted by molar-refractivity contribution is 0.0788. The van der Waals surface area contributed by atoms with Gasteiger partial charge in [0, 0.05) is 56.3 Å². The van der Waals surface area contributed by atoms with Gasteiger partial charge in [0.25, 0.3) is 5.91 Å². The van der Waals surface area contributed by atoms with Crippen molar-refractivity contribution >= 4 is 5.91 Å². The minimum atomic E-state index is -0.113. The van der Waals surface area contributed by atoms with Crippen molar-refractivity contribution in [3.05, 3.63) is 60.9 Å². The van der Waals surface area contributed by atoms with Crippen LogP contribution in [0, 0.1) is 0 Å². The molecule has 7 nitrogen and oxygen atoms in total. The van der Waals surface area contributed by atoms with Gasteiger partial charge in [0.05, 0.1) is 12.1 Å². The molecule has 0 aliphatic rings. The Morgan fingerprint density at radius 1 is 1.17 bits per heavy atom. The molecule has 3 rings (SSSR count). The summed E-state index contributed by atoms with van der Waals surface area (Å²) in [7, 11) is 1.75. The van der Waals surface area contributed by atoms with Gasteiger partial charge in [-0.2, -0.15) is 5.10 Å². The maximum absolute atomic E-state index is 12.4. The van der Waals surface area contributed by atoms with E-state index in [1.807, 2.05) is 24.4 Å². The minimum absolute atomic E-state index is 0.113. The van der Waals surface area contributed by atoms with E-state index in [1.165, 1.54) is 0 Å². The van der Waals surface area contributed by atoms with Crippen molar-refractivity contribution in [1.29, 1.82) is 0 Å². The van der Waals surface area contributed by atoms with Crippen LogP contribution in [0.5, 0.6) is 0 Å². The van der Waals surface area contributed by atoms with Gasteiger partial charge in [-0.1, -0.05) is 0 Å². The summed E-state index contributed by atoms with van der Waals surface area (Å²) in [4.78, 5) is 26.5. The van der Waals surface area contributed by atoms with E-state index >= 15 is 0 Å². The molecule has 0 radical (unpaired) electrons. The lowest BCUT2D eigenvalue weighted by Crippen LogP contribution is -2.30. The SMILES string of the molecule is CN(CCn1cccn1)C(=O)c1cnc(-c2ccncc2)nc1. The summed E-state index contributed by atoms with van der Waals surface area (Å²) < 4.78 is 1.78. The van der Waals surface area contributed by atoms with Gasteiger partial charge < -0.3 is 4.90 Å². The van der Waals surface area contributed by atoms with Crippen LogP contribution in [0.4, 0.5) is 0 Å². The molecule has 3 aromatic rings. The Labute approximate surface area is 133 Å². The zero-order chi connectivity index (χ0) is 16.1. The molecule has 0 saturated carbocycles. The second-order valence-electron chi connectivity index (χ2n) is 5.03. The van der Waals surface area contributed by atoms with E-state index < -0.39 is 0 Å². The van der Waals surface area contributed by atoms with Gasteiger partial charge >= 0.3 is 0 Å². The molecule has 7 heteroatoms. The van der Waals surface area contributed by atoms with E-state index in [9.17, 15) is 4.79 Å². The summed E-state index contributed by atoms with van der Waals surface area (Å²) in [6.45, 7) is 1.21. The summed E-state index contributed by atoms with van der Waals surface area (Å²) >= 11 is 0. The van der Waals surface area contributed by atoms with Crippen LogP contribution >= 0.6 is 0 Å². The maximum Gasteiger partial charge on any atom is 0.256 e. The van der Waals surface area contributed by atoms with Crippen molar-refractivity contribution in [3.63, 3.8) is 0 Å². The molecule has 0 aromatic carbocycles. The fraction of sp³-hybridized carbons (Fsp3) is 0.188. The molecule has 23 heavy (non-hydrogen) atoms. The molecule has 0 atom stereocenters. The maximum atomic E-state index is 12.4. The first kappa shape index (κ1) is 14.8. The monoisotopic (exact) mass is 308 g/mol. The van der Waals surface area contributed by atoms with Crippen molar-refractivity contribution in [1.82, 2.24) is 29.6 Å². The Balaban J connectivity index is 1.65. The Morgan fingerprint density at radius 2 is 1.91 bits per heavy atom. The molecule has 0 spiro atoms. The molecule has 0 unspecified atom stereocenters. The van der Waals surface area contributed by atoms with Gasteiger partial charge in [-0.3, -0.25) is 14.5 Å². The number of hydrogen-bond acceptors (Lipinski definition) is 5. The number of pyridine rings is 1. The molecule has 116 valence electrons. The highest BCUT2D eigenvalue weighted by Gasteiger charge is 2.13. The van der Waals surface area contributed by atoms with Crippen LogP contribution in [0.2, 0.25) is 0 Å². The lowest BCUT2D eigenvalue weighted by Gasteiger charge is -2.16. The van der Waals surface area contributed by atoms with Crippen LogP contribution in [0.25, 0.3) is 11.4 Å². The van der Waals surface area contributed by atoms with E-state index in [0.29, 0.717) is 24.5 Å². The van der Waals surface area contributed by atoms with Crippen LogP contribution in [0.3, 0.4) is 0 Å². The molecular formula is C16H16N6O. The fourth-order valence-corrected chi connectivity index (χ4v) is 2.10. The van der Waals surface area contributed by atoms with Crippen molar-refractivity contribution in [2.24, 2.45) is 0 Å². The van der Waals surface area contributed by atoms with Crippen molar-refractivity contribution in [2.45, 2.75) is 6.54 Å². The average Bonchev–Trinajstić information content (AvgIpc) is 3.13. The van der Waals surface area contributed by atoms with E-state index in [4.69, 9.17) is 0 Å². The molecule has 3 aromatic heterocycles. The Hall–Kier alpha value is -3.09. The molecule has 0 N–H and O–H groups in total. The third-order valence-electron chi connectivity index (χ3n) is 3.41. The normalized spacial score (nSPS) is 10.5. The van der Waals surface area contributed by atoms with Gasteiger partial charge in [0.2, 0.25) is 0 Å². The van der Waals surface area contributed by atoms with Crippen molar-refractivity contribution in [2.75, 3.05) is 13.6 Å². The van der Waals surface area contributed by atoms with E-state index in [1.54, 1.807) is 47.6 Å². The molecule has 0 aliphatic carbocycles. The first-order valence-corrected chi connectivity index (χ1v) is 7.19. The second-order valence-corrected chi connectivity index (χ2v) is 5.03. The van der Waals surface area contributed by atoms with E-state index in [2.05, 4.69) is 20.1 Å². The second kappa shape index (κ2) is 6.78. The number of carbonyl (C=O) groups is 1. The number of aromatic nitrogens is 5. The third-order valence-corrected chi connectivity index (χ3v) is 3.41. The number of nitrogens with zero attached hydrogens (tertiary/aromatic N) is 6. The zero-order valence-electron chi connectivity index (χ0n) is 12.7. The highest BCUT2D eigenvalue weighted by atomic mass is 16.2. The Bertz CT molecular complexity index is 755. The van der Waals surface area contributed by atoms with Gasteiger partial charge in [0.15, 0.2) is 5.82 Å². The number of likely N-dealkylation sites (N-methyl/N-ethyl adjacent to an activating group) is 1. The summed E-state index contributed by atoms with van der Waals surface area (Å²) in [5, 5.41) is 4.11. The van der Waals surface area contributed by atoms with Crippen LogP contribution in [-0.2, 0) is 6.54 Å². The fourth-order valence-electron chi connectivity index (χ4n) is 2.10. The number of hydrogen-bond donors (Lipinski definition) is 0. The Kier molecular flexibility index (Phi) is 4.37. The van der Waals surface area contributed by atoms with Gasteiger partial charge in [-0.25, -0.2) is 9.97 Å². The van der Waals surface area contributed by atoms with E-state index in [0.717, 1.165) is 5.56 Å². The number of amides is 1. The predicted molar refractivity (Wildman–Crippen MR) is 84.5 cm³/mol. The van der Waals surface area contributed by atoms with Gasteiger partial charge in [0.1, 0.15) is 0 Å². The van der Waals surface area contributed by atoms with Crippen molar-refractivity contribution < 1.29 is 4.79 Å². The topological polar surface area (TPSA) is 76.8 Å². The smallest absolute Gasteiger partial charge is 0.256 e. The molecule has 0 aliphatic heterocycles. The predicted octanol–water partition coefficient (Wildman–Crippen LogP) is 1.51. The van der Waals surface area contributed by atoms with Crippen LogP contribution in [0.15, 0.2) is 55.4 Å². The quantitative estimate of drug-likeness (QED) is 0.714. The summed E-state index contributed by atoms with van der Waals surface area (Å²) in [5.74, 6) is 0.460. The summed E-state index contributed by atoms with van der Waals surface area (Å²) in [6.07, 6.45) is 10.0. The molecular weight excluding hydrogens is 292 g/mol. The van der Waals surface area contributed by atoms with E-state index in [-0.39, 0.29) is 5.91 Å². The first-order chi connectivity index (χ1) is 11.2. The highest BCUT2D eigenvalue weighted by Crippen LogP contribution is 2.12. The molecule has 0 fully saturated rings. The minimum Gasteiger partial charge on any atom is -0.340 e. The highest BCUT2D eigenvalue weighted by molar-refractivity contribution is 5.93. The average molecular weight is 308 g/mol. The Morgan fingerprint density at radius 3 is 2.57 bits per heavy atom. The number of rotatable bonds is 5. The largest absolute Gasteiger partial charge is 0.340 e. The summed E-state index contributed by atoms with van der Waals surface area (Å²) in [5.41, 5.74) is 1.33. The van der Waals surface area contributed by atoms with Crippen molar-refractivity contribution in [3.8, 4) is 11.4 Å². The van der Waals surface area contributed by atoms with Crippen LogP contribution < -0.4 is 0 Å². The molecule has 0 saturated heterocycles. The van der Waals surface area contributed by atoms with Crippen LogP contribution in [-0.4, -0.2) is 49.1 Å². The molecule has 1 amide bonds. The molecule has 3 heterocycles. The standard InChI is InChI=1S/C16H16N6O/c1-21(9-10-22-8-2-5-20-22)16(23)14-11-18-15(19-12-14)13-3-6-17-7-4-13/h2-8,11-12H,9-10H2,1H3. The lowest BCUT2D eigenvalue weighted by atomic mass is 10.2. The summed E-state index contributed by atoms with van der Waals surface area (Å²) in [6, 6.07) is 5.51. The number of carbonyl (C=O) groups excluding carboxylic acids is 1. The third kappa shape index (κ3) is 3.57. The first-order valence-electron chi connectivity index (χ1n) is 7.19. The molecule has 0 bridgehead atoms. The van der Waals surface area contributed by atoms with Gasteiger partial charge in [-0.05, 0) is 18.2 Å².